The van der Waals surface area contributed by atoms with Crippen molar-refractivity contribution in [3.05, 3.63) is 113 Å². The molecule has 0 bridgehead atoms. The molecule has 7 nitrogen and oxygen atoms in total. The van der Waals surface area contributed by atoms with Gasteiger partial charge in [0, 0.05) is 23.5 Å². The Morgan fingerprint density at radius 1 is 1.00 bits per heavy atom. The number of hydrogen-bond donors (Lipinski definition) is 1. The number of nitrogens with one attached hydrogen (secondary N) is 1. The number of hydrogen-bond acceptors (Lipinski definition) is 6. The third-order valence-electron chi connectivity index (χ3n) is 5.19. The number of nitrogens with zero attached hydrogens (tertiary/aromatic N) is 2. The van der Waals surface area contributed by atoms with Gasteiger partial charge in [-0.05, 0) is 44.2 Å². The molecule has 0 spiro atoms. The summed E-state index contributed by atoms with van der Waals surface area (Å²) in [6.45, 7) is 3.56. The summed E-state index contributed by atoms with van der Waals surface area (Å²) in [5, 5.41) is 2.92. The fraction of sp³-hybridized carbons (Fsp3) is 0.160. The van der Waals surface area contributed by atoms with Crippen LogP contribution in [0.15, 0.2) is 88.4 Å². The van der Waals surface area contributed by atoms with Gasteiger partial charge in [0.1, 0.15) is 17.6 Å². The Balaban J connectivity index is 1.65. The second-order valence-corrected chi connectivity index (χ2v) is 9.68. The Morgan fingerprint density at radius 3 is 2.39 bits per heavy atom. The average molecular weight is 462 g/mol. The maximum atomic E-state index is 12.9. The van der Waals surface area contributed by atoms with Gasteiger partial charge in [0.25, 0.3) is 5.91 Å². The molecule has 1 unspecified atom stereocenters. The number of carbonyl (C=O) groups excluding carboxylic acids is 1. The van der Waals surface area contributed by atoms with Crippen molar-refractivity contribution in [3.8, 4) is 0 Å². The molecule has 33 heavy (non-hydrogen) atoms. The van der Waals surface area contributed by atoms with Crippen molar-refractivity contribution in [2.75, 3.05) is 0 Å². The summed E-state index contributed by atoms with van der Waals surface area (Å²) in [5.74, 6) is -0.0471. The largest absolute Gasteiger partial charge is 0.443 e. The molecule has 1 N–H and O–H groups in total. The van der Waals surface area contributed by atoms with E-state index in [1.807, 2.05) is 13.0 Å². The van der Waals surface area contributed by atoms with Gasteiger partial charge < -0.3 is 9.73 Å². The van der Waals surface area contributed by atoms with Gasteiger partial charge >= 0.3 is 0 Å². The van der Waals surface area contributed by atoms with Crippen molar-refractivity contribution in [3.63, 3.8) is 0 Å². The molecule has 0 saturated carbocycles. The van der Waals surface area contributed by atoms with E-state index in [-0.39, 0.29) is 22.4 Å². The molecule has 0 fully saturated rings. The van der Waals surface area contributed by atoms with Crippen LogP contribution in [-0.2, 0) is 15.6 Å². The average Bonchev–Trinajstić information content (AvgIpc) is 3.17. The summed E-state index contributed by atoms with van der Waals surface area (Å²) in [6.07, 6.45) is 3.23. The highest BCUT2D eigenvalue weighted by atomic mass is 32.2. The molecule has 4 aromatic rings. The number of oxazole rings is 1. The number of benzene rings is 2. The highest BCUT2D eigenvalue weighted by Crippen LogP contribution is 2.26. The number of aromatic nitrogens is 2. The Kier molecular flexibility index (Phi) is 6.37. The summed E-state index contributed by atoms with van der Waals surface area (Å²) in [6, 6.07) is 18.3. The molecule has 168 valence electrons. The quantitative estimate of drug-likeness (QED) is 0.443. The summed E-state index contributed by atoms with van der Waals surface area (Å²) >= 11 is 0. The van der Waals surface area contributed by atoms with Crippen LogP contribution >= 0.6 is 0 Å². The Bertz CT molecular complexity index is 1350. The van der Waals surface area contributed by atoms with E-state index in [1.165, 1.54) is 0 Å². The lowest BCUT2D eigenvalue weighted by atomic mass is 10.1. The molecule has 0 radical (unpaired) electrons. The van der Waals surface area contributed by atoms with Crippen LogP contribution in [0.4, 0.5) is 0 Å². The zero-order chi connectivity index (χ0) is 23.4. The van der Waals surface area contributed by atoms with E-state index in [4.69, 9.17) is 4.42 Å². The Hall–Kier alpha value is -3.78. The second kappa shape index (κ2) is 9.38. The maximum absolute atomic E-state index is 12.9. The first-order chi connectivity index (χ1) is 15.8. The van der Waals surface area contributed by atoms with Gasteiger partial charge in [-0.3, -0.25) is 9.78 Å². The molecule has 1 atom stereocenters. The first kappa shape index (κ1) is 22.4. The predicted octanol–water partition coefficient (Wildman–Crippen LogP) is 4.18. The highest BCUT2D eigenvalue weighted by Gasteiger charge is 2.26. The SMILES string of the molecule is Cc1ccc(S(=O)(=O)Cc2nc(C(NC(=O)c3ccccc3)c3cccnc3)oc2C)cc1. The lowest BCUT2D eigenvalue weighted by Crippen LogP contribution is -2.29. The maximum Gasteiger partial charge on any atom is 0.252 e. The van der Waals surface area contributed by atoms with E-state index in [2.05, 4.69) is 15.3 Å². The summed E-state index contributed by atoms with van der Waals surface area (Å²) < 4.78 is 31.7. The van der Waals surface area contributed by atoms with Gasteiger partial charge in [-0.1, -0.05) is 42.0 Å². The predicted molar refractivity (Wildman–Crippen MR) is 123 cm³/mol. The van der Waals surface area contributed by atoms with Gasteiger partial charge in [0.15, 0.2) is 9.84 Å². The van der Waals surface area contributed by atoms with Crippen molar-refractivity contribution in [1.29, 1.82) is 0 Å². The smallest absolute Gasteiger partial charge is 0.252 e. The molecule has 4 rings (SSSR count). The number of rotatable bonds is 7. The summed E-state index contributed by atoms with van der Waals surface area (Å²) in [5.41, 5.74) is 2.42. The van der Waals surface area contributed by atoms with Gasteiger partial charge in [0.2, 0.25) is 5.89 Å². The van der Waals surface area contributed by atoms with Crippen LogP contribution in [0.2, 0.25) is 0 Å². The summed E-state index contributed by atoms with van der Waals surface area (Å²) in [4.78, 5) is 21.7. The molecular weight excluding hydrogens is 438 g/mol. The van der Waals surface area contributed by atoms with Gasteiger partial charge in [-0.15, -0.1) is 0 Å². The highest BCUT2D eigenvalue weighted by molar-refractivity contribution is 7.90. The molecule has 0 aliphatic rings. The minimum absolute atomic E-state index is 0.193. The number of pyridine rings is 1. The normalized spacial score (nSPS) is 12.3. The van der Waals surface area contributed by atoms with Crippen molar-refractivity contribution < 1.29 is 17.6 Å². The van der Waals surface area contributed by atoms with Crippen molar-refractivity contribution in [1.82, 2.24) is 15.3 Å². The van der Waals surface area contributed by atoms with E-state index in [0.717, 1.165) is 5.56 Å². The molecule has 8 heteroatoms. The zero-order valence-electron chi connectivity index (χ0n) is 18.2. The Morgan fingerprint density at radius 2 is 1.73 bits per heavy atom. The van der Waals surface area contributed by atoms with Crippen LogP contribution in [0.3, 0.4) is 0 Å². The molecule has 1 amide bonds. The van der Waals surface area contributed by atoms with Gasteiger partial charge in [0.05, 0.1) is 10.6 Å². The van der Waals surface area contributed by atoms with Crippen molar-refractivity contribution in [2.45, 2.75) is 30.5 Å². The molecule has 2 aromatic carbocycles. The van der Waals surface area contributed by atoms with Crippen molar-refractivity contribution >= 4 is 15.7 Å². The molecule has 0 aliphatic heterocycles. The third kappa shape index (κ3) is 5.18. The molecule has 2 aromatic heterocycles. The fourth-order valence-corrected chi connectivity index (χ4v) is 4.70. The number of amides is 1. The third-order valence-corrected chi connectivity index (χ3v) is 6.84. The van der Waals surface area contributed by atoms with E-state index in [9.17, 15) is 13.2 Å². The molecule has 0 saturated heterocycles. The second-order valence-electron chi connectivity index (χ2n) is 7.69. The van der Waals surface area contributed by atoms with Crippen LogP contribution in [0.25, 0.3) is 0 Å². The first-order valence-electron chi connectivity index (χ1n) is 10.3. The molecular formula is C25H23N3O4S. The van der Waals surface area contributed by atoms with Crippen LogP contribution in [-0.4, -0.2) is 24.3 Å². The minimum Gasteiger partial charge on any atom is -0.443 e. The minimum atomic E-state index is -3.62. The lowest BCUT2D eigenvalue weighted by molar-refractivity contribution is 0.0937. The molecule has 0 aliphatic carbocycles. The molecule has 2 heterocycles. The lowest BCUT2D eigenvalue weighted by Gasteiger charge is -2.16. The van der Waals surface area contributed by atoms with E-state index in [0.29, 0.717) is 22.6 Å². The van der Waals surface area contributed by atoms with E-state index >= 15 is 0 Å². The topological polar surface area (TPSA) is 102 Å². The zero-order valence-corrected chi connectivity index (χ0v) is 19.0. The number of sulfone groups is 1. The van der Waals surface area contributed by atoms with Crippen LogP contribution < -0.4 is 5.32 Å². The monoisotopic (exact) mass is 461 g/mol. The fourth-order valence-electron chi connectivity index (χ4n) is 3.35. The van der Waals surface area contributed by atoms with Gasteiger partial charge in [-0.2, -0.15) is 0 Å². The first-order valence-corrected chi connectivity index (χ1v) is 12.0. The summed E-state index contributed by atoms with van der Waals surface area (Å²) in [7, 11) is -3.62. The van der Waals surface area contributed by atoms with Crippen LogP contribution in [0.1, 0.15) is 44.9 Å². The van der Waals surface area contributed by atoms with E-state index in [1.54, 1.807) is 80.0 Å². The van der Waals surface area contributed by atoms with Gasteiger partial charge in [-0.25, -0.2) is 13.4 Å². The van der Waals surface area contributed by atoms with Crippen LogP contribution in [0.5, 0.6) is 0 Å². The number of aryl methyl sites for hydroxylation is 2. The Labute approximate surface area is 192 Å². The standard InChI is InChI=1S/C25H23N3O4S/c1-17-10-12-21(13-11-17)33(30,31)16-22-18(2)32-25(27-22)23(20-9-6-14-26-15-20)28-24(29)19-7-4-3-5-8-19/h3-15,23H,16H2,1-2H3,(H,28,29). The van der Waals surface area contributed by atoms with Crippen LogP contribution in [0, 0.1) is 13.8 Å². The number of carbonyl (C=O) groups is 1. The van der Waals surface area contributed by atoms with E-state index < -0.39 is 15.9 Å². The van der Waals surface area contributed by atoms with Crippen molar-refractivity contribution in [2.24, 2.45) is 0 Å².